The maximum atomic E-state index is 6.49. The minimum Gasteiger partial charge on any atom is -0.497 e. The van der Waals surface area contributed by atoms with Crippen LogP contribution in [0.15, 0.2) is 97.1 Å². The molecule has 5 heteroatoms. The molecule has 182 valence electrons. The average molecular weight is 497 g/mol. The minimum absolute atomic E-state index is 0.131. The van der Waals surface area contributed by atoms with E-state index in [4.69, 9.17) is 18.9 Å². The first-order valence-electron chi connectivity index (χ1n) is 11.9. The average Bonchev–Trinajstić information content (AvgIpc) is 3.26. The molecule has 0 N–H and O–H groups in total. The van der Waals surface area contributed by atoms with E-state index in [1.165, 1.54) is 0 Å². The van der Waals surface area contributed by atoms with Crippen molar-refractivity contribution < 1.29 is 18.9 Å². The van der Waals surface area contributed by atoms with Gasteiger partial charge in [-0.3, -0.25) is 0 Å². The van der Waals surface area contributed by atoms with Crippen LogP contribution in [0.3, 0.4) is 0 Å². The molecule has 0 unspecified atom stereocenters. The molecule has 0 radical (unpaired) electrons. The van der Waals surface area contributed by atoms with Crippen molar-refractivity contribution in [3.63, 3.8) is 0 Å². The van der Waals surface area contributed by atoms with Crippen LogP contribution in [0, 0.1) is 0 Å². The maximum absolute atomic E-state index is 6.49. The Morgan fingerprint density at radius 1 is 0.722 bits per heavy atom. The molecule has 0 saturated carbocycles. The Balaban J connectivity index is 1.42. The van der Waals surface area contributed by atoms with Crippen molar-refractivity contribution in [1.29, 1.82) is 0 Å². The van der Waals surface area contributed by atoms with E-state index >= 15 is 0 Å². The fourth-order valence-electron chi connectivity index (χ4n) is 3.89. The van der Waals surface area contributed by atoms with Gasteiger partial charge < -0.3 is 18.9 Å². The number of ether oxygens (including phenoxy) is 4. The summed E-state index contributed by atoms with van der Waals surface area (Å²) in [6.07, 6.45) is 0.131. The molecule has 0 aliphatic carbocycles. The SMILES string of the molecule is COc1ccc2c(Oc3ccc(OCc4ccccc4)cc3)c(-c3ccc(OC(C)C)cc3)sc2c1. The number of hydrogen-bond acceptors (Lipinski definition) is 5. The Morgan fingerprint density at radius 2 is 1.39 bits per heavy atom. The molecule has 1 aromatic heterocycles. The molecule has 0 amide bonds. The summed E-state index contributed by atoms with van der Waals surface area (Å²) in [5.74, 6) is 4.05. The highest BCUT2D eigenvalue weighted by Crippen LogP contribution is 2.47. The highest BCUT2D eigenvalue weighted by molar-refractivity contribution is 7.22. The zero-order valence-corrected chi connectivity index (χ0v) is 21.4. The van der Waals surface area contributed by atoms with Crippen molar-refractivity contribution in [3.8, 4) is 39.2 Å². The van der Waals surface area contributed by atoms with Crippen molar-refractivity contribution in [1.82, 2.24) is 0 Å². The molecular weight excluding hydrogens is 468 g/mol. The first kappa shape index (κ1) is 23.8. The number of hydrogen-bond donors (Lipinski definition) is 0. The lowest BCUT2D eigenvalue weighted by Gasteiger charge is -2.12. The van der Waals surface area contributed by atoms with Gasteiger partial charge in [-0.1, -0.05) is 30.3 Å². The van der Waals surface area contributed by atoms with Gasteiger partial charge in [-0.25, -0.2) is 0 Å². The summed E-state index contributed by atoms with van der Waals surface area (Å²) in [5.41, 5.74) is 2.21. The summed E-state index contributed by atoms with van der Waals surface area (Å²) < 4.78 is 24.8. The van der Waals surface area contributed by atoms with Gasteiger partial charge in [0.25, 0.3) is 0 Å². The smallest absolute Gasteiger partial charge is 0.153 e. The first-order chi connectivity index (χ1) is 17.6. The van der Waals surface area contributed by atoms with Gasteiger partial charge in [0.1, 0.15) is 29.6 Å². The van der Waals surface area contributed by atoms with Crippen LogP contribution in [0.25, 0.3) is 20.5 Å². The largest absolute Gasteiger partial charge is 0.497 e. The van der Waals surface area contributed by atoms with Crippen LogP contribution in [0.2, 0.25) is 0 Å². The highest BCUT2D eigenvalue weighted by Gasteiger charge is 2.17. The van der Waals surface area contributed by atoms with E-state index in [1.54, 1.807) is 18.4 Å². The Bertz CT molecular complexity index is 1420. The third-order valence-corrected chi connectivity index (χ3v) is 6.81. The molecule has 4 aromatic carbocycles. The van der Waals surface area contributed by atoms with Crippen LogP contribution in [0.4, 0.5) is 0 Å². The summed E-state index contributed by atoms with van der Waals surface area (Å²) in [5, 5.41) is 1.04. The second-order valence-corrected chi connectivity index (χ2v) is 9.71. The number of methoxy groups -OCH3 is 1. The van der Waals surface area contributed by atoms with E-state index < -0.39 is 0 Å². The molecule has 0 aliphatic heterocycles. The molecular formula is C31H28O4S. The third-order valence-electron chi connectivity index (χ3n) is 5.63. The standard InChI is InChI=1S/C31H28O4S/c1-21(2)34-25-11-9-23(10-12-25)31-30(28-18-17-27(32-3)19-29(28)36-31)35-26-15-13-24(14-16-26)33-20-22-7-5-4-6-8-22/h4-19,21H,20H2,1-3H3. The molecule has 1 heterocycles. The zero-order valence-electron chi connectivity index (χ0n) is 20.6. The van der Waals surface area contributed by atoms with E-state index in [0.717, 1.165) is 54.8 Å². The summed E-state index contributed by atoms with van der Waals surface area (Å²) in [6.45, 7) is 4.58. The van der Waals surface area contributed by atoms with Crippen molar-refractivity contribution in [2.24, 2.45) is 0 Å². The molecule has 5 aromatic rings. The molecule has 0 bridgehead atoms. The predicted octanol–water partition coefficient (Wildman–Crippen LogP) is 8.74. The predicted molar refractivity (Wildman–Crippen MR) is 147 cm³/mol. The summed E-state index contributed by atoms with van der Waals surface area (Å²) in [4.78, 5) is 1.05. The van der Waals surface area contributed by atoms with Crippen molar-refractivity contribution in [3.05, 3.63) is 103 Å². The van der Waals surface area contributed by atoms with Gasteiger partial charge in [-0.15, -0.1) is 11.3 Å². The number of fused-ring (bicyclic) bond motifs is 1. The number of benzene rings is 4. The highest BCUT2D eigenvalue weighted by atomic mass is 32.1. The lowest BCUT2D eigenvalue weighted by atomic mass is 10.1. The lowest BCUT2D eigenvalue weighted by molar-refractivity contribution is 0.242. The second-order valence-electron chi connectivity index (χ2n) is 8.66. The van der Waals surface area contributed by atoms with Gasteiger partial charge in [-0.05, 0) is 91.7 Å². The van der Waals surface area contributed by atoms with E-state index in [1.807, 2.05) is 80.6 Å². The molecule has 0 aliphatic rings. The maximum Gasteiger partial charge on any atom is 0.153 e. The third kappa shape index (κ3) is 5.47. The van der Waals surface area contributed by atoms with Gasteiger partial charge >= 0.3 is 0 Å². The van der Waals surface area contributed by atoms with Crippen LogP contribution >= 0.6 is 11.3 Å². The van der Waals surface area contributed by atoms with Crippen molar-refractivity contribution in [2.75, 3.05) is 7.11 Å². The van der Waals surface area contributed by atoms with Gasteiger partial charge in [0.2, 0.25) is 0 Å². The van der Waals surface area contributed by atoms with Crippen LogP contribution in [-0.4, -0.2) is 13.2 Å². The molecule has 5 rings (SSSR count). The summed E-state index contributed by atoms with van der Waals surface area (Å²) >= 11 is 1.68. The van der Waals surface area contributed by atoms with Gasteiger partial charge in [0.05, 0.1) is 18.1 Å². The lowest BCUT2D eigenvalue weighted by Crippen LogP contribution is -2.05. The van der Waals surface area contributed by atoms with Crippen molar-refractivity contribution >= 4 is 21.4 Å². The topological polar surface area (TPSA) is 36.9 Å². The molecule has 4 nitrogen and oxygen atoms in total. The number of rotatable bonds is 9. The van der Waals surface area contributed by atoms with E-state index in [0.29, 0.717) is 6.61 Å². The van der Waals surface area contributed by atoms with Crippen LogP contribution in [0.1, 0.15) is 19.4 Å². The normalized spacial score (nSPS) is 11.0. The van der Waals surface area contributed by atoms with Gasteiger partial charge in [0, 0.05) is 10.1 Å². The van der Waals surface area contributed by atoms with Crippen molar-refractivity contribution in [2.45, 2.75) is 26.6 Å². The Kier molecular flexibility index (Phi) is 7.10. The molecule has 0 atom stereocenters. The molecule has 36 heavy (non-hydrogen) atoms. The van der Waals surface area contributed by atoms with E-state index in [2.05, 4.69) is 30.3 Å². The monoisotopic (exact) mass is 496 g/mol. The minimum atomic E-state index is 0.131. The van der Waals surface area contributed by atoms with Crippen LogP contribution in [0.5, 0.6) is 28.7 Å². The van der Waals surface area contributed by atoms with Gasteiger partial charge in [-0.2, -0.15) is 0 Å². The van der Waals surface area contributed by atoms with Crippen LogP contribution in [-0.2, 0) is 6.61 Å². The fraction of sp³-hybridized carbons (Fsp3) is 0.161. The van der Waals surface area contributed by atoms with Gasteiger partial charge in [0.15, 0.2) is 5.75 Å². The first-order valence-corrected chi connectivity index (χ1v) is 12.7. The Morgan fingerprint density at radius 3 is 2.08 bits per heavy atom. The second kappa shape index (κ2) is 10.8. The molecule has 0 saturated heterocycles. The summed E-state index contributed by atoms with van der Waals surface area (Å²) in [7, 11) is 1.68. The van der Waals surface area contributed by atoms with E-state index in [9.17, 15) is 0 Å². The zero-order chi connectivity index (χ0) is 24.9. The fourth-order valence-corrected chi connectivity index (χ4v) is 5.06. The Labute approximate surface area is 215 Å². The number of thiophene rings is 1. The molecule has 0 fully saturated rings. The van der Waals surface area contributed by atoms with Crippen LogP contribution < -0.4 is 18.9 Å². The quantitative estimate of drug-likeness (QED) is 0.204. The Hall–Kier alpha value is -3.96. The summed E-state index contributed by atoms with van der Waals surface area (Å²) in [6, 6.07) is 32.1. The van der Waals surface area contributed by atoms with E-state index in [-0.39, 0.29) is 6.10 Å². The molecule has 0 spiro atoms.